The van der Waals surface area contributed by atoms with Crippen LogP contribution in [0.25, 0.3) is 0 Å². The number of hydrogen-bond donors (Lipinski definition) is 2. The minimum absolute atomic E-state index is 0.0563. The van der Waals surface area contributed by atoms with Crippen LogP contribution in [0.4, 0.5) is 0 Å². The quantitative estimate of drug-likeness (QED) is 0.310. The second-order valence-corrected chi connectivity index (χ2v) is 13.3. The van der Waals surface area contributed by atoms with Crippen molar-refractivity contribution in [3.8, 4) is 0 Å². The van der Waals surface area contributed by atoms with E-state index in [0.717, 1.165) is 6.08 Å². The Balaban J connectivity index is 4.83. The fourth-order valence-corrected chi connectivity index (χ4v) is 3.09. The highest BCUT2D eigenvalue weighted by Crippen LogP contribution is 2.37. The van der Waals surface area contributed by atoms with Gasteiger partial charge in [-0.1, -0.05) is 32.9 Å². The van der Waals surface area contributed by atoms with Gasteiger partial charge in [-0.05, 0) is 44.8 Å². The van der Waals surface area contributed by atoms with Crippen LogP contribution >= 0.6 is 0 Å². The van der Waals surface area contributed by atoms with Crippen molar-refractivity contribution in [2.75, 3.05) is 6.61 Å². The molecule has 0 aromatic heterocycles. The molecule has 27 heavy (non-hydrogen) atoms. The predicted molar refractivity (Wildman–Crippen MR) is 109 cm³/mol. The summed E-state index contributed by atoms with van der Waals surface area (Å²) in [6.45, 7) is 14.5. The number of carboxylic acids is 1. The predicted octanol–water partition coefficient (Wildman–Crippen LogP) is 3.91. The molecular formula is C20H36O6Si. The van der Waals surface area contributed by atoms with Gasteiger partial charge < -0.3 is 19.4 Å². The molecule has 0 amide bonds. The number of carbonyl (C=O) groups excluding carboxylic acids is 1. The van der Waals surface area contributed by atoms with Gasteiger partial charge in [0.25, 0.3) is 0 Å². The average molecular weight is 401 g/mol. The van der Waals surface area contributed by atoms with Crippen LogP contribution in [-0.2, 0) is 18.8 Å². The van der Waals surface area contributed by atoms with E-state index in [9.17, 15) is 14.7 Å². The lowest BCUT2D eigenvalue weighted by Gasteiger charge is -2.37. The van der Waals surface area contributed by atoms with Crippen LogP contribution in [0.5, 0.6) is 0 Å². The molecule has 0 radical (unpaired) electrons. The fourth-order valence-electron chi connectivity index (χ4n) is 2.03. The van der Waals surface area contributed by atoms with Crippen molar-refractivity contribution in [3.63, 3.8) is 0 Å². The van der Waals surface area contributed by atoms with Gasteiger partial charge in [-0.3, -0.25) is 0 Å². The molecule has 156 valence electrons. The summed E-state index contributed by atoms with van der Waals surface area (Å²) >= 11 is 0. The number of aliphatic carboxylic acids is 1. The second kappa shape index (κ2) is 11.4. The molecule has 0 spiro atoms. The Morgan fingerprint density at radius 1 is 1.15 bits per heavy atom. The lowest BCUT2D eigenvalue weighted by molar-refractivity contribution is -0.143. The number of rotatable bonds is 11. The molecule has 0 aromatic rings. The molecule has 6 nitrogen and oxygen atoms in total. The largest absolute Gasteiger partial charge is 0.478 e. The Hall–Kier alpha value is -1.44. The van der Waals surface area contributed by atoms with Crippen LogP contribution in [-0.4, -0.2) is 49.3 Å². The zero-order chi connectivity index (χ0) is 21.3. The second-order valence-electron chi connectivity index (χ2n) is 8.50. The molecule has 0 aromatic carbocycles. The van der Waals surface area contributed by atoms with E-state index in [1.807, 2.05) is 0 Å². The van der Waals surface area contributed by atoms with E-state index in [4.69, 9.17) is 14.3 Å². The smallest absolute Gasteiger partial charge is 0.330 e. The van der Waals surface area contributed by atoms with Crippen LogP contribution in [0.1, 0.15) is 47.5 Å². The Morgan fingerprint density at radius 2 is 1.74 bits per heavy atom. The summed E-state index contributed by atoms with van der Waals surface area (Å²) < 4.78 is 11.5. The van der Waals surface area contributed by atoms with Crippen LogP contribution in [0, 0.1) is 5.92 Å². The fraction of sp³-hybridized carbons (Fsp3) is 0.700. The van der Waals surface area contributed by atoms with Gasteiger partial charge in [-0.15, -0.1) is 0 Å². The van der Waals surface area contributed by atoms with Crippen LogP contribution in [0.15, 0.2) is 24.3 Å². The number of esters is 1. The van der Waals surface area contributed by atoms with Gasteiger partial charge in [-0.2, -0.15) is 0 Å². The molecule has 0 unspecified atom stereocenters. The molecule has 0 bridgehead atoms. The van der Waals surface area contributed by atoms with Gasteiger partial charge in [0.05, 0.1) is 12.2 Å². The van der Waals surface area contributed by atoms with Crippen molar-refractivity contribution in [1.29, 1.82) is 0 Å². The molecule has 0 aliphatic heterocycles. The summed E-state index contributed by atoms with van der Waals surface area (Å²) in [6, 6.07) is 0. The topological polar surface area (TPSA) is 93.1 Å². The zero-order valence-electron chi connectivity index (χ0n) is 17.7. The monoisotopic (exact) mass is 400 g/mol. The first-order chi connectivity index (χ1) is 12.2. The first-order valence-electron chi connectivity index (χ1n) is 9.35. The Morgan fingerprint density at radius 3 is 2.22 bits per heavy atom. The molecule has 0 fully saturated rings. The summed E-state index contributed by atoms with van der Waals surface area (Å²) in [5.41, 5.74) is 0. The average Bonchev–Trinajstić information content (AvgIpc) is 2.48. The molecule has 0 aliphatic carbocycles. The molecule has 3 atom stereocenters. The van der Waals surface area contributed by atoms with Crippen molar-refractivity contribution in [2.45, 2.75) is 77.8 Å². The van der Waals surface area contributed by atoms with Crippen LogP contribution in [0.2, 0.25) is 18.1 Å². The Labute approximate surface area is 164 Å². The molecule has 0 aliphatic rings. The lowest BCUT2D eigenvalue weighted by Crippen LogP contribution is -2.42. The maximum atomic E-state index is 11.8. The van der Waals surface area contributed by atoms with Crippen molar-refractivity contribution < 1.29 is 29.0 Å². The first-order valence-corrected chi connectivity index (χ1v) is 12.3. The molecular weight excluding hydrogens is 364 g/mol. The van der Waals surface area contributed by atoms with E-state index >= 15 is 0 Å². The van der Waals surface area contributed by atoms with Gasteiger partial charge in [0.15, 0.2) is 8.32 Å². The minimum atomic E-state index is -1.96. The van der Waals surface area contributed by atoms with Crippen LogP contribution in [0.3, 0.4) is 0 Å². The normalized spacial score (nSPS) is 16.4. The third-order valence-corrected chi connectivity index (χ3v) is 9.16. The number of carbonyl (C=O) groups is 2. The summed E-state index contributed by atoms with van der Waals surface area (Å²) in [4.78, 5) is 22.7. The van der Waals surface area contributed by atoms with Crippen molar-refractivity contribution in [1.82, 2.24) is 0 Å². The summed E-state index contributed by atoms with van der Waals surface area (Å²) in [5, 5.41) is 18.1. The summed E-state index contributed by atoms with van der Waals surface area (Å²) in [5.74, 6) is -1.66. The first kappa shape index (κ1) is 25.6. The number of hydrogen-bond acceptors (Lipinski definition) is 5. The third kappa shape index (κ3) is 11.8. The number of aliphatic hydroxyl groups excluding tert-OH is 1. The van der Waals surface area contributed by atoms with Gasteiger partial charge in [0.1, 0.15) is 0 Å². The number of carboxylic acid groups (broad SMARTS) is 1. The van der Waals surface area contributed by atoms with Crippen molar-refractivity contribution in [2.24, 2.45) is 5.92 Å². The van der Waals surface area contributed by atoms with Gasteiger partial charge in [-0.25, -0.2) is 9.59 Å². The van der Waals surface area contributed by atoms with E-state index < -0.39 is 26.4 Å². The highest BCUT2D eigenvalue weighted by molar-refractivity contribution is 6.74. The number of ether oxygens (including phenoxy) is 1. The van der Waals surface area contributed by atoms with Crippen LogP contribution < -0.4 is 0 Å². The SMILES string of the molecule is C[C@H](C[C@H](/C=C/C(=O)O)CO[Si](C)(C)C(C)(C)C)OC(=O)/C=C/C[C@@H](C)O. The molecule has 0 rings (SSSR count). The van der Waals surface area contributed by atoms with Gasteiger partial charge in [0.2, 0.25) is 0 Å². The highest BCUT2D eigenvalue weighted by Gasteiger charge is 2.37. The highest BCUT2D eigenvalue weighted by atomic mass is 28.4. The Kier molecular flexibility index (Phi) is 10.8. The van der Waals surface area contributed by atoms with Crippen molar-refractivity contribution >= 4 is 20.3 Å². The summed E-state index contributed by atoms with van der Waals surface area (Å²) in [6.07, 6.45) is 5.53. The molecule has 7 heteroatoms. The molecule has 0 heterocycles. The molecule has 0 saturated heterocycles. The van der Waals surface area contributed by atoms with E-state index in [0.29, 0.717) is 19.4 Å². The van der Waals surface area contributed by atoms with Gasteiger partial charge >= 0.3 is 11.9 Å². The third-order valence-electron chi connectivity index (χ3n) is 4.66. The van der Waals surface area contributed by atoms with E-state index in [-0.39, 0.29) is 17.1 Å². The molecule has 2 N–H and O–H groups in total. The minimum Gasteiger partial charge on any atom is -0.478 e. The standard InChI is InChI=1S/C20H36O6Si/c1-15(21)9-8-10-19(24)26-16(2)13-17(11-12-18(22)23)14-25-27(6,7)20(3,4)5/h8,10-12,15-17,21H,9,13-14H2,1-7H3,(H,22,23)/b10-8+,12-11+/t15-,16-,17+/m1/s1. The van der Waals surface area contributed by atoms with E-state index in [2.05, 4.69) is 33.9 Å². The Bertz CT molecular complexity index is 531. The lowest BCUT2D eigenvalue weighted by atomic mass is 10.0. The summed E-state index contributed by atoms with van der Waals surface area (Å²) in [7, 11) is -1.96. The zero-order valence-corrected chi connectivity index (χ0v) is 18.7. The van der Waals surface area contributed by atoms with Gasteiger partial charge in [0, 0.05) is 24.7 Å². The number of aliphatic hydroxyl groups is 1. The maximum Gasteiger partial charge on any atom is 0.330 e. The molecule has 0 saturated carbocycles. The van der Waals surface area contributed by atoms with E-state index in [1.165, 1.54) is 6.08 Å². The maximum absolute atomic E-state index is 11.8. The van der Waals surface area contributed by atoms with E-state index in [1.54, 1.807) is 26.0 Å². The van der Waals surface area contributed by atoms with Crippen molar-refractivity contribution in [3.05, 3.63) is 24.3 Å².